The number of rotatable bonds is 2. The molecular formula is C9H10N4O2. The monoisotopic (exact) mass is 206 g/mol. The number of nitrogens with one attached hydrogen (secondary N) is 1. The summed E-state index contributed by atoms with van der Waals surface area (Å²) in [7, 11) is 0. The summed E-state index contributed by atoms with van der Waals surface area (Å²) in [6, 6.07) is 6.52. The average Bonchev–Trinajstić information content (AvgIpc) is 2.65. The maximum Gasteiger partial charge on any atom is 0.294 e. The van der Waals surface area contributed by atoms with Crippen molar-refractivity contribution in [2.24, 2.45) is 5.73 Å². The van der Waals surface area contributed by atoms with Gasteiger partial charge in [0.1, 0.15) is 11.5 Å². The Kier molecular flexibility index (Phi) is 2.17. The maximum atomic E-state index is 10.8. The highest BCUT2D eigenvalue weighted by atomic mass is 16.6. The van der Waals surface area contributed by atoms with Crippen molar-refractivity contribution in [3.05, 3.63) is 46.3 Å². The van der Waals surface area contributed by atoms with Gasteiger partial charge in [0.2, 0.25) is 0 Å². The summed E-state index contributed by atoms with van der Waals surface area (Å²) in [6.07, 6.45) is 1.76. The molecule has 1 aliphatic rings. The molecule has 1 aliphatic heterocycles. The Balaban J connectivity index is 2.32. The van der Waals surface area contributed by atoms with Crippen LogP contribution in [-0.4, -0.2) is 11.5 Å². The summed E-state index contributed by atoms with van der Waals surface area (Å²) < 4.78 is 0. The molecule has 0 saturated carbocycles. The lowest BCUT2D eigenvalue weighted by atomic mass is 10.2. The quantitative estimate of drug-likeness (QED) is 0.550. The van der Waals surface area contributed by atoms with Crippen molar-refractivity contribution in [1.82, 2.24) is 5.43 Å². The molecule has 2 rings (SSSR count). The maximum absolute atomic E-state index is 10.8. The number of nitro benzene ring substituents is 1. The molecule has 0 radical (unpaired) electrons. The summed E-state index contributed by atoms with van der Waals surface area (Å²) in [5.41, 5.74) is 8.94. The lowest BCUT2D eigenvalue weighted by molar-refractivity contribution is -0.384. The topological polar surface area (TPSA) is 84.4 Å². The number of hydrogen-bond donors (Lipinski definition) is 2. The molecule has 0 spiro atoms. The zero-order valence-electron chi connectivity index (χ0n) is 7.88. The van der Waals surface area contributed by atoms with E-state index in [0.717, 1.165) is 0 Å². The van der Waals surface area contributed by atoms with Gasteiger partial charge in [-0.1, -0.05) is 12.1 Å². The number of benzene rings is 1. The van der Waals surface area contributed by atoms with E-state index in [1.807, 2.05) is 0 Å². The lowest BCUT2D eigenvalue weighted by Gasteiger charge is -2.18. The van der Waals surface area contributed by atoms with Gasteiger partial charge in [-0.05, 0) is 12.1 Å². The van der Waals surface area contributed by atoms with Crippen molar-refractivity contribution in [2.75, 3.05) is 11.6 Å². The molecule has 78 valence electrons. The molecule has 6 heteroatoms. The van der Waals surface area contributed by atoms with Crippen LogP contribution >= 0.6 is 0 Å². The molecule has 3 N–H and O–H groups in total. The van der Waals surface area contributed by atoms with Crippen molar-refractivity contribution in [2.45, 2.75) is 0 Å². The molecule has 0 bridgehead atoms. The molecule has 0 unspecified atom stereocenters. The molecule has 0 aromatic heterocycles. The largest absolute Gasteiger partial charge is 0.384 e. The first-order valence-electron chi connectivity index (χ1n) is 4.42. The minimum absolute atomic E-state index is 0.0631. The summed E-state index contributed by atoms with van der Waals surface area (Å²) >= 11 is 0. The van der Waals surface area contributed by atoms with Crippen LogP contribution < -0.4 is 16.2 Å². The van der Waals surface area contributed by atoms with Crippen LogP contribution in [0, 0.1) is 10.1 Å². The molecule has 0 atom stereocenters. The number of para-hydroxylation sites is 2. The Labute approximate surface area is 86.1 Å². The van der Waals surface area contributed by atoms with Crippen LogP contribution in [0.2, 0.25) is 0 Å². The number of nitrogens with two attached hydrogens (primary N) is 1. The Bertz CT molecular complexity index is 430. The van der Waals surface area contributed by atoms with Crippen LogP contribution in [0.1, 0.15) is 0 Å². The van der Waals surface area contributed by atoms with Crippen molar-refractivity contribution in [3.63, 3.8) is 0 Å². The minimum Gasteiger partial charge on any atom is -0.384 e. The van der Waals surface area contributed by atoms with Gasteiger partial charge in [-0.2, -0.15) is 0 Å². The van der Waals surface area contributed by atoms with Crippen LogP contribution in [0.4, 0.5) is 11.4 Å². The summed E-state index contributed by atoms with van der Waals surface area (Å²) in [6.45, 7) is 0.524. The standard InChI is InChI=1S/C9H10N4O2/c10-9-5-6-12(11-9)7-3-1-2-4-8(7)13(14)15/h1-5,11H,6,10H2. The van der Waals surface area contributed by atoms with Gasteiger partial charge in [0.05, 0.1) is 11.5 Å². The number of nitro groups is 1. The van der Waals surface area contributed by atoms with Crippen LogP contribution in [0.15, 0.2) is 36.2 Å². The number of nitrogens with zero attached hydrogens (tertiary/aromatic N) is 2. The summed E-state index contributed by atoms with van der Waals surface area (Å²) in [4.78, 5) is 10.4. The van der Waals surface area contributed by atoms with Crippen molar-refractivity contribution in [1.29, 1.82) is 0 Å². The van der Waals surface area contributed by atoms with Crippen molar-refractivity contribution >= 4 is 11.4 Å². The molecule has 1 aromatic carbocycles. The number of hydrazine groups is 1. The number of hydrogen-bond acceptors (Lipinski definition) is 5. The average molecular weight is 206 g/mol. The van der Waals surface area contributed by atoms with E-state index in [0.29, 0.717) is 18.1 Å². The van der Waals surface area contributed by atoms with Gasteiger partial charge in [-0.25, -0.2) is 0 Å². The zero-order valence-corrected chi connectivity index (χ0v) is 7.88. The lowest BCUT2D eigenvalue weighted by Crippen LogP contribution is -2.34. The summed E-state index contributed by atoms with van der Waals surface area (Å²) in [5.74, 6) is 0.508. The van der Waals surface area contributed by atoms with E-state index in [-0.39, 0.29) is 5.69 Å². The molecule has 6 nitrogen and oxygen atoms in total. The molecule has 1 aromatic rings. The van der Waals surface area contributed by atoms with Crippen LogP contribution in [0.5, 0.6) is 0 Å². The van der Waals surface area contributed by atoms with Crippen molar-refractivity contribution < 1.29 is 4.92 Å². The van der Waals surface area contributed by atoms with E-state index in [4.69, 9.17) is 5.73 Å². The second-order valence-electron chi connectivity index (χ2n) is 3.13. The molecular weight excluding hydrogens is 196 g/mol. The van der Waals surface area contributed by atoms with E-state index in [1.54, 1.807) is 29.3 Å². The minimum atomic E-state index is -0.411. The smallest absolute Gasteiger partial charge is 0.294 e. The van der Waals surface area contributed by atoms with Gasteiger partial charge >= 0.3 is 0 Å². The molecule has 0 aliphatic carbocycles. The van der Waals surface area contributed by atoms with E-state index < -0.39 is 4.92 Å². The fourth-order valence-electron chi connectivity index (χ4n) is 1.44. The Morgan fingerprint density at radius 2 is 2.20 bits per heavy atom. The van der Waals surface area contributed by atoms with E-state index in [2.05, 4.69) is 5.43 Å². The second kappa shape index (κ2) is 3.49. The van der Waals surface area contributed by atoms with Gasteiger partial charge in [0, 0.05) is 6.07 Å². The second-order valence-corrected chi connectivity index (χ2v) is 3.13. The van der Waals surface area contributed by atoms with Crippen LogP contribution in [-0.2, 0) is 0 Å². The highest BCUT2D eigenvalue weighted by molar-refractivity contribution is 5.63. The van der Waals surface area contributed by atoms with Crippen molar-refractivity contribution in [3.8, 4) is 0 Å². The predicted molar refractivity (Wildman–Crippen MR) is 55.8 cm³/mol. The normalized spacial score (nSPS) is 14.7. The third-order valence-electron chi connectivity index (χ3n) is 2.13. The van der Waals surface area contributed by atoms with Gasteiger partial charge in [-0.3, -0.25) is 20.5 Å². The highest BCUT2D eigenvalue weighted by Crippen LogP contribution is 2.27. The molecule has 0 amide bonds. The van der Waals surface area contributed by atoms with E-state index >= 15 is 0 Å². The number of anilines is 1. The van der Waals surface area contributed by atoms with E-state index in [1.165, 1.54) is 6.07 Å². The van der Waals surface area contributed by atoms with Crippen LogP contribution in [0.3, 0.4) is 0 Å². The Morgan fingerprint density at radius 3 is 2.80 bits per heavy atom. The van der Waals surface area contributed by atoms with Crippen LogP contribution in [0.25, 0.3) is 0 Å². The SMILES string of the molecule is NC1=CCN(c2ccccc2[N+](=O)[O-])N1. The van der Waals surface area contributed by atoms with Gasteiger partial charge in [-0.15, -0.1) is 0 Å². The first-order chi connectivity index (χ1) is 7.18. The van der Waals surface area contributed by atoms with E-state index in [9.17, 15) is 10.1 Å². The van der Waals surface area contributed by atoms with Gasteiger partial charge < -0.3 is 5.73 Å². The Morgan fingerprint density at radius 1 is 1.47 bits per heavy atom. The third-order valence-corrected chi connectivity index (χ3v) is 2.13. The van der Waals surface area contributed by atoms with Gasteiger partial charge in [0.25, 0.3) is 5.69 Å². The summed E-state index contributed by atoms with van der Waals surface area (Å²) in [5, 5.41) is 12.4. The fraction of sp³-hybridized carbons (Fsp3) is 0.111. The Hall–Kier alpha value is -2.24. The third kappa shape index (κ3) is 1.69. The first kappa shape index (κ1) is 9.32. The highest BCUT2D eigenvalue weighted by Gasteiger charge is 2.20. The zero-order chi connectivity index (χ0) is 10.8. The molecule has 0 fully saturated rings. The van der Waals surface area contributed by atoms with Gasteiger partial charge in [0.15, 0.2) is 0 Å². The molecule has 0 saturated heterocycles. The first-order valence-corrected chi connectivity index (χ1v) is 4.42. The molecule has 1 heterocycles. The molecule has 15 heavy (non-hydrogen) atoms. The fourth-order valence-corrected chi connectivity index (χ4v) is 1.44. The predicted octanol–water partition coefficient (Wildman–Crippen LogP) is 0.720.